The van der Waals surface area contributed by atoms with Crippen LogP contribution in [0.4, 0.5) is 11.4 Å². The Morgan fingerprint density at radius 1 is 1.10 bits per heavy atom. The molecule has 1 N–H and O–H groups in total. The largest absolute Gasteiger partial charge is 0.452 e. The molecule has 0 radical (unpaired) electrons. The standard InChI is InChI=1S/C21H22N4O4/c26-20(23-16-4-6-17(7-5-16)24-11-1-2-12-24)15-28-21(27)19-9-8-18(29-19)14-25-13-3-10-22-25/h3-10,13H,1-2,11-12,14-15H2,(H,23,26). The molecule has 1 saturated heterocycles. The van der Waals surface area contributed by atoms with Crippen LogP contribution in [0.2, 0.25) is 0 Å². The fourth-order valence-corrected chi connectivity index (χ4v) is 3.26. The molecule has 0 atom stereocenters. The molecular formula is C21H22N4O4. The van der Waals surface area contributed by atoms with Crippen LogP contribution in [-0.2, 0) is 16.1 Å². The molecule has 1 aliphatic rings. The van der Waals surface area contributed by atoms with Crippen molar-refractivity contribution in [3.8, 4) is 0 Å². The van der Waals surface area contributed by atoms with Crippen molar-refractivity contribution in [1.29, 1.82) is 0 Å². The van der Waals surface area contributed by atoms with E-state index in [1.54, 1.807) is 29.2 Å². The lowest BCUT2D eigenvalue weighted by atomic mass is 10.2. The average molecular weight is 394 g/mol. The van der Waals surface area contributed by atoms with Crippen LogP contribution in [-0.4, -0.2) is 41.4 Å². The lowest BCUT2D eigenvalue weighted by molar-refractivity contribution is -0.119. The summed E-state index contributed by atoms with van der Waals surface area (Å²) in [4.78, 5) is 26.5. The van der Waals surface area contributed by atoms with Crippen molar-refractivity contribution in [2.45, 2.75) is 19.4 Å². The van der Waals surface area contributed by atoms with Crippen LogP contribution in [0.5, 0.6) is 0 Å². The van der Waals surface area contributed by atoms with Gasteiger partial charge >= 0.3 is 5.97 Å². The second-order valence-electron chi connectivity index (χ2n) is 6.83. The number of benzene rings is 1. The summed E-state index contributed by atoms with van der Waals surface area (Å²) in [5.41, 5.74) is 1.81. The first-order valence-electron chi connectivity index (χ1n) is 9.55. The Bertz CT molecular complexity index is 957. The summed E-state index contributed by atoms with van der Waals surface area (Å²) < 4.78 is 12.2. The highest BCUT2D eigenvalue weighted by atomic mass is 16.5. The first-order valence-corrected chi connectivity index (χ1v) is 9.55. The first-order chi connectivity index (χ1) is 14.2. The van der Waals surface area contributed by atoms with Crippen molar-refractivity contribution >= 4 is 23.3 Å². The maximum absolute atomic E-state index is 12.1. The van der Waals surface area contributed by atoms with Gasteiger partial charge in [0.15, 0.2) is 6.61 Å². The Balaban J connectivity index is 1.25. The molecule has 0 aliphatic carbocycles. The molecule has 3 aromatic rings. The van der Waals surface area contributed by atoms with E-state index in [-0.39, 0.29) is 12.4 Å². The lowest BCUT2D eigenvalue weighted by Crippen LogP contribution is -2.21. The van der Waals surface area contributed by atoms with Crippen molar-refractivity contribution in [3.05, 3.63) is 66.4 Å². The Labute approximate surface area is 168 Å². The van der Waals surface area contributed by atoms with Gasteiger partial charge in [0.25, 0.3) is 5.91 Å². The maximum Gasteiger partial charge on any atom is 0.374 e. The molecule has 0 unspecified atom stereocenters. The third kappa shape index (κ3) is 4.84. The topological polar surface area (TPSA) is 89.6 Å². The number of nitrogens with zero attached hydrogens (tertiary/aromatic N) is 3. The van der Waals surface area contributed by atoms with E-state index in [0.29, 0.717) is 18.0 Å². The number of hydrogen-bond acceptors (Lipinski definition) is 6. The van der Waals surface area contributed by atoms with Gasteiger partial charge in [-0.15, -0.1) is 0 Å². The van der Waals surface area contributed by atoms with Gasteiger partial charge in [-0.3, -0.25) is 9.48 Å². The Morgan fingerprint density at radius 3 is 2.62 bits per heavy atom. The summed E-state index contributed by atoms with van der Waals surface area (Å²) in [6.45, 7) is 2.16. The molecule has 1 amide bonds. The van der Waals surface area contributed by atoms with Crippen LogP contribution >= 0.6 is 0 Å². The Morgan fingerprint density at radius 2 is 1.90 bits per heavy atom. The fourth-order valence-electron chi connectivity index (χ4n) is 3.26. The normalized spacial score (nSPS) is 13.4. The second-order valence-corrected chi connectivity index (χ2v) is 6.83. The third-order valence-corrected chi connectivity index (χ3v) is 4.70. The van der Waals surface area contributed by atoms with E-state index in [0.717, 1.165) is 18.8 Å². The zero-order valence-corrected chi connectivity index (χ0v) is 15.9. The highest BCUT2D eigenvalue weighted by Crippen LogP contribution is 2.22. The van der Waals surface area contributed by atoms with Crippen LogP contribution in [0.25, 0.3) is 0 Å². The van der Waals surface area contributed by atoms with Crippen LogP contribution in [0, 0.1) is 0 Å². The van der Waals surface area contributed by atoms with Crippen LogP contribution < -0.4 is 10.2 Å². The predicted octanol–water partition coefficient (Wildman–Crippen LogP) is 2.92. The van der Waals surface area contributed by atoms with Gasteiger partial charge in [-0.1, -0.05) is 0 Å². The van der Waals surface area contributed by atoms with Gasteiger partial charge < -0.3 is 19.4 Å². The number of ether oxygens (including phenoxy) is 1. The lowest BCUT2D eigenvalue weighted by Gasteiger charge is -2.17. The molecule has 1 aromatic carbocycles. The molecule has 8 nitrogen and oxygen atoms in total. The summed E-state index contributed by atoms with van der Waals surface area (Å²) in [6.07, 6.45) is 5.88. The highest BCUT2D eigenvalue weighted by Gasteiger charge is 2.16. The minimum atomic E-state index is -0.684. The number of rotatable bonds is 7. The monoisotopic (exact) mass is 394 g/mol. The molecular weight excluding hydrogens is 372 g/mol. The molecule has 8 heteroatoms. The van der Waals surface area contributed by atoms with Crippen molar-refractivity contribution in [2.75, 3.05) is 29.9 Å². The third-order valence-electron chi connectivity index (χ3n) is 4.70. The number of hydrogen-bond donors (Lipinski definition) is 1. The molecule has 150 valence electrons. The first kappa shape index (κ1) is 18.8. The van der Waals surface area contributed by atoms with E-state index < -0.39 is 11.9 Å². The zero-order chi connectivity index (χ0) is 20.1. The fraction of sp³-hybridized carbons (Fsp3) is 0.286. The van der Waals surface area contributed by atoms with Crippen molar-refractivity contribution in [2.24, 2.45) is 0 Å². The smallest absolute Gasteiger partial charge is 0.374 e. The summed E-state index contributed by atoms with van der Waals surface area (Å²) in [7, 11) is 0. The van der Waals surface area contributed by atoms with Crippen molar-refractivity contribution < 1.29 is 18.7 Å². The van der Waals surface area contributed by atoms with E-state index in [9.17, 15) is 9.59 Å². The van der Waals surface area contributed by atoms with Crippen molar-refractivity contribution in [1.82, 2.24) is 9.78 Å². The van der Waals surface area contributed by atoms with E-state index in [4.69, 9.17) is 9.15 Å². The molecule has 0 bridgehead atoms. The highest BCUT2D eigenvalue weighted by molar-refractivity contribution is 5.94. The molecule has 1 aliphatic heterocycles. The summed E-state index contributed by atoms with van der Waals surface area (Å²) >= 11 is 0. The van der Waals surface area contributed by atoms with Gasteiger partial charge in [-0.25, -0.2) is 4.79 Å². The molecule has 3 heterocycles. The number of amides is 1. The van der Waals surface area contributed by atoms with Crippen LogP contribution in [0.15, 0.2) is 59.3 Å². The van der Waals surface area contributed by atoms with Gasteiger partial charge in [-0.05, 0) is 55.3 Å². The molecule has 1 fully saturated rings. The maximum atomic E-state index is 12.1. The summed E-state index contributed by atoms with van der Waals surface area (Å²) in [6, 6.07) is 12.7. The Hall–Kier alpha value is -3.55. The van der Waals surface area contributed by atoms with E-state index in [1.807, 2.05) is 24.3 Å². The molecule has 29 heavy (non-hydrogen) atoms. The predicted molar refractivity (Wildman–Crippen MR) is 107 cm³/mol. The molecule has 4 rings (SSSR count). The molecule has 2 aromatic heterocycles. The average Bonchev–Trinajstić information content (AvgIpc) is 3.50. The summed E-state index contributed by atoms with van der Waals surface area (Å²) in [5, 5.41) is 6.80. The minimum absolute atomic E-state index is 0.0509. The van der Waals surface area contributed by atoms with Crippen LogP contribution in [0.3, 0.4) is 0 Å². The van der Waals surface area contributed by atoms with E-state index in [1.165, 1.54) is 18.9 Å². The number of furan rings is 1. The quantitative estimate of drug-likeness (QED) is 0.620. The Kier molecular flexibility index (Phi) is 5.60. The number of carbonyl (C=O) groups is 2. The SMILES string of the molecule is O=C(COC(=O)c1ccc(Cn2cccn2)o1)Nc1ccc(N2CCCC2)cc1. The molecule has 0 spiro atoms. The van der Waals surface area contributed by atoms with Gasteiger partial charge in [0.2, 0.25) is 5.76 Å². The second kappa shape index (κ2) is 8.64. The zero-order valence-electron chi connectivity index (χ0n) is 15.9. The van der Waals surface area contributed by atoms with E-state index >= 15 is 0 Å². The van der Waals surface area contributed by atoms with Gasteiger partial charge in [0, 0.05) is 36.9 Å². The summed E-state index contributed by atoms with van der Waals surface area (Å²) in [5.74, 6) is -0.468. The number of carbonyl (C=O) groups excluding carboxylic acids is 2. The molecule has 0 saturated carbocycles. The minimum Gasteiger partial charge on any atom is -0.452 e. The van der Waals surface area contributed by atoms with E-state index in [2.05, 4.69) is 15.3 Å². The van der Waals surface area contributed by atoms with Gasteiger partial charge in [0.05, 0.1) is 6.54 Å². The number of aromatic nitrogens is 2. The number of anilines is 2. The van der Waals surface area contributed by atoms with Crippen LogP contribution in [0.1, 0.15) is 29.2 Å². The van der Waals surface area contributed by atoms with Gasteiger partial charge in [0.1, 0.15) is 5.76 Å². The van der Waals surface area contributed by atoms with Crippen molar-refractivity contribution in [3.63, 3.8) is 0 Å². The van der Waals surface area contributed by atoms with Gasteiger partial charge in [-0.2, -0.15) is 5.10 Å². The number of nitrogens with one attached hydrogen (secondary N) is 1. The number of esters is 1.